The van der Waals surface area contributed by atoms with Gasteiger partial charge in [-0.2, -0.15) is 0 Å². The van der Waals surface area contributed by atoms with Crippen molar-refractivity contribution in [2.24, 2.45) is 0 Å². The third-order valence-corrected chi connectivity index (χ3v) is 3.08. The fourth-order valence-electron chi connectivity index (χ4n) is 1.02. The van der Waals surface area contributed by atoms with E-state index in [0.717, 1.165) is 24.4 Å². The molecule has 3 nitrogen and oxygen atoms in total. The summed E-state index contributed by atoms with van der Waals surface area (Å²) in [6.07, 6.45) is 2.19. The minimum atomic E-state index is 0.510. The first-order valence-electron chi connectivity index (χ1n) is 4.71. The van der Waals surface area contributed by atoms with Crippen LogP contribution in [0.1, 0.15) is 36.2 Å². The molecule has 0 amide bonds. The topological polar surface area (TPSA) is 37.8 Å². The third-order valence-electron chi connectivity index (χ3n) is 1.79. The van der Waals surface area contributed by atoms with Gasteiger partial charge in [-0.05, 0) is 20.0 Å². The van der Waals surface area contributed by atoms with Crippen LogP contribution in [0, 0.1) is 0 Å². The molecule has 13 heavy (non-hydrogen) atoms. The molecular formula is C9H17N3S. The third kappa shape index (κ3) is 3.40. The van der Waals surface area contributed by atoms with E-state index < -0.39 is 0 Å². The second-order valence-electron chi connectivity index (χ2n) is 3.40. The summed E-state index contributed by atoms with van der Waals surface area (Å²) in [5.74, 6) is 0.510. The predicted molar refractivity (Wildman–Crippen MR) is 56.2 cm³/mol. The number of nitrogens with one attached hydrogen (secondary N) is 1. The van der Waals surface area contributed by atoms with Crippen molar-refractivity contribution in [2.75, 3.05) is 13.6 Å². The summed E-state index contributed by atoms with van der Waals surface area (Å²) >= 11 is 1.74. The van der Waals surface area contributed by atoms with Crippen LogP contribution in [0.3, 0.4) is 0 Å². The van der Waals surface area contributed by atoms with Crippen molar-refractivity contribution in [3.05, 3.63) is 10.0 Å². The highest BCUT2D eigenvalue weighted by atomic mass is 32.1. The maximum absolute atomic E-state index is 4.15. The molecule has 0 atom stereocenters. The number of rotatable bonds is 5. The zero-order chi connectivity index (χ0) is 9.68. The average molecular weight is 199 g/mol. The molecule has 4 heteroatoms. The van der Waals surface area contributed by atoms with Gasteiger partial charge < -0.3 is 5.32 Å². The number of nitrogens with zero attached hydrogens (tertiary/aromatic N) is 2. The van der Waals surface area contributed by atoms with Crippen molar-refractivity contribution in [3.8, 4) is 0 Å². The van der Waals surface area contributed by atoms with Crippen LogP contribution in [0.5, 0.6) is 0 Å². The summed E-state index contributed by atoms with van der Waals surface area (Å²) in [6.45, 7) is 5.35. The normalized spacial score (nSPS) is 11.1. The van der Waals surface area contributed by atoms with Crippen LogP contribution in [0.2, 0.25) is 0 Å². The van der Waals surface area contributed by atoms with Crippen LogP contribution in [-0.2, 0) is 6.42 Å². The number of aromatic nitrogens is 2. The molecule has 0 aromatic carbocycles. The second-order valence-corrected chi connectivity index (χ2v) is 4.49. The molecule has 1 aromatic heterocycles. The highest BCUT2D eigenvalue weighted by molar-refractivity contribution is 7.11. The highest BCUT2D eigenvalue weighted by Crippen LogP contribution is 2.19. The van der Waals surface area contributed by atoms with Crippen LogP contribution in [-0.4, -0.2) is 23.8 Å². The first-order chi connectivity index (χ1) is 6.24. The van der Waals surface area contributed by atoms with Gasteiger partial charge in [0, 0.05) is 12.3 Å². The van der Waals surface area contributed by atoms with Crippen molar-refractivity contribution in [1.29, 1.82) is 0 Å². The monoisotopic (exact) mass is 199 g/mol. The van der Waals surface area contributed by atoms with E-state index in [9.17, 15) is 0 Å². The SMILES string of the molecule is CNCCCc1nnc(C(C)C)s1. The fourth-order valence-corrected chi connectivity index (χ4v) is 1.90. The molecule has 1 N–H and O–H groups in total. The Bertz CT molecular complexity index is 245. The van der Waals surface area contributed by atoms with E-state index in [0.29, 0.717) is 5.92 Å². The zero-order valence-electron chi connectivity index (χ0n) is 8.50. The quantitative estimate of drug-likeness (QED) is 0.735. The molecule has 0 radical (unpaired) electrons. The molecule has 1 heterocycles. The first kappa shape index (κ1) is 10.6. The van der Waals surface area contributed by atoms with Gasteiger partial charge in [0.1, 0.15) is 10.0 Å². The smallest absolute Gasteiger partial charge is 0.119 e. The molecule has 0 unspecified atom stereocenters. The maximum Gasteiger partial charge on any atom is 0.119 e. The lowest BCUT2D eigenvalue weighted by Gasteiger charge is -1.95. The molecule has 0 bridgehead atoms. The molecule has 74 valence electrons. The van der Waals surface area contributed by atoms with Crippen LogP contribution in [0.15, 0.2) is 0 Å². The fraction of sp³-hybridized carbons (Fsp3) is 0.778. The lowest BCUT2D eigenvalue weighted by Crippen LogP contribution is -2.08. The van der Waals surface area contributed by atoms with Crippen molar-refractivity contribution in [1.82, 2.24) is 15.5 Å². The first-order valence-corrected chi connectivity index (χ1v) is 5.52. The van der Waals surface area contributed by atoms with Crippen LogP contribution in [0.25, 0.3) is 0 Å². The Kier molecular flexibility index (Phi) is 4.32. The standard InChI is InChI=1S/C9H17N3S/c1-7(2)9-12-11-8(13-9)5-4-6-10-3/h7,10H,4-6H2,1-3H3. The molecule has 0 saturated carbocycles. The van der Waals surface area contributed by atoms with Crippen molar-refractivity contribution < 1.29 is 0 Å². The van der Waals surface area contributed by atoms with Gasteiger partial charge >= 0.3 is 0 Å². The van der Waals surface area contributed by atoms with Gasteiger partial charge in [0.15, 0.2) is 0 Å². The maximum atomic E-state index is 4.15. The van der Waals surface area contributed by atoms with E-state index in [-0.39, 0.29) is 0 Å². The summed E-state index contributed by atoms with van der Waals surface area (Å²) in [7, 11) is 1.97. The summed E-state index contributed by atoms with van der Waals surface area (Å²) in [6, 6.07) is 0. The lowest BCUT2D eigenvalue weighted by atomic mass is 10.2. The number of hydrogen-bond acceptors (Lipinski definition) is 4. The summed E-state index contributed by atoms with van der Waals surface area (Å²) in [4.78, 5) is 0. The molecule has 0 aliphatic heterocycles. The molecule has 0 spiro atoms. The molecular weight excluding hydrogens is 182 g/mol. The van der Waals surface area contributed by atoms with E-state index in [1.54, 1.807) is 11.3 Å². The van der Waals surface area contributed by atoms with E-state index >= 15 is 0 Å². The second kappa shape index (κ2) is 5.29. The molecule has 0 fully saturated rings. The van der Waals surface area contributed by atoms with Crippen molar-refractivity contribution in [3.63, 3.8) is 0 Å². The van der Waals surface area contributed by atoms with E-state index in [4.69, 9.17) is 0 Å². The predicted octanol–water partition coefficient (Wildman–Crippen LogP) is 1.81. The van der Waals surface area contributed by atoms with E-state index in [2.05, 4.69) is 29.4 Å². The Hall–Kier alpha value is -0.480. The Morgan fingerprint density at radius 2 is 2.15 bits per heavy atom. The Balaban J connectivity index is 2.40. The van der Waals surface area contributed by atoms with E-state index in [1.807, 2.05) is 7.05 Å². The Morgan fingerprint density at radius 3 is 2.69 bits per heavy atom. The van der Waals surface area contributed by atoms with Crippen molar-refractivity contribution in [2.45, 2.75) is 32.6 Å². The van der Waals surface area contributed by atoms with Gasteiger partial charge in [0.05, 0.1) is 0 Å². The molecule has 0 saturated heterocycles. The average Bonchev–Trinajstić information content (AvgIpc) is 2.53. The van der Waals surface area contributed by atoms with E-state index in [1.165, 1.54) is 5.01 Å². The van der Waals surface area contributed by atoms with Gasteiger partial charge in [-0.25, -0.2) is 0 Å². The molecule has 1 aromatic rings. The van der Waals surface area contributed by atoms with Crippen LogP contribution in [0.4, 0.5) is 0 Å². The zero-order valence-corrected chi connectivity index (χ0v) is 9.32. The van der Waals surface area contributed by atoms with Gasteiger partial charge in [-0.15, -0.1) is 21.5 Å². The molecule has 0 aliphatic carbocycles. The molecule has 0 aliphatic rings. The van der Waals surface area contributed by atoms with Crippen molar-refractivity contribution >= 4 is 11.3 Å². The summed E-state index contributed by atoms with van der Waals surface area (Å²) < 4.78 is 0. The minimum Gasteiger partial charge on any atom is -0.320 e. The summed E-state index contributed by atoms with van der Waals surface area (Å²) in [5, 5.41) is 13.7. The van der Waals surface area contributed by atoms with Gasteiger partial charge in [-0.1, -0.05) is 13.8 Å². The largest absolute Gasteiger partial charge is 0.320 e. The lowest BCUT2D eigenvalue weighted by molar-refractivity contribution is 0.716. The Labute approximate surface area is 83.6 Å². The van der Waals surface area contributed by atoms with Gasteiger partial charge in [0.2, 0.25) is 0 Å². The number of hydrogen-bond donors (Lipinski definition) is 1. The van der Waals surface area contributed by atoms with Crippen LogP contribution >= 0.6 is 11.3 Å². The molecule has 1 rings (SSSR count). The number of aryl methyl sites for hydroxylation is 1. The summed E-state index contributed by atoms with van der Waals surface area (Å²) in [5.41, 5.74) is 0. The van der Waals surface area contributed by atoms with Gasteiger partial charge in [-0.3, -0.25) is 0 Å². The highest BCUT2D eigenvalue weighted by Gasteiger charge is 2.06. The van der Waals surface area contributed by atoms with Crippen LogP contribution < -0.4 is 5.32 Å². The minimum absolute atomic E-state index is 0.510. The Morgan fingerprint density at radius 1 is 1.38 bits per heavy atom. The van der Waals surface area contributed by atoms with Gasteiger partial charge in [0.25, 0.3) is 0 Å².